The Morgan fingerprint density at radius 1 is 1.42 bits per heavy atom. The molecule has 1 heterocycles. The number of amides is 1. The highest BCUT2D eigenvalue weighted by atomic mass is 16.2. The first-order valence-electron chi connectivity index (χ1n) is 6.24. The molecule has 0 spiro atoms. The molecule has 5 nitrogen and oxygen atoms in total. The van der Waals surface area contributed by atoms with Gasteiger partial charge in [-0.25, -0.2) is 0 Å². The quantitative estimate of drug-likeness (QED) is 0.903. The van der Waals surface area contributed by atoms with Gasteiger partial charge in [0.25, 0.3) is 0 Å². The lowest BCUT2D eigenvalue weighted by molar-refractivity contribution is -0.119. The predicted molar refractivity (Wildman–Crippen MR) is 74.6 cm³/mol. The zero-order valence-corrected chi connectivity index (χ0v) is 11.2. The fourth-order valence-corrected chi connectivity index (χ4v) is 1.98. The average molecular weight is 258 g/mol. The molecule has 0 saturated heterocycles. The molecular formula is C14H18N4O. The van der Waals surface area contributed by atoms with Crippen molar-refractivity contribution in [3.05, 3.63) is 48.3 Å². The first-order chi connectivity index (χ1) is 9.13. The van der Waals surface area contributed by atoms with Crippen LogP contribution in [0.1, 0.15) is 18.5 Å². The van der Waals surface area contributed by atoms with Crippen molar-refractivity contribution in [1.29, 1.82) is 0 Å². The van der Waals surface area contributed by atoms with Crippen LogP contribution in [0.15, 0.2) is 42.7 Å². The molecule has 100 valence electrons. The summed E-state index contributed by atoms with van der Waals surface area (Å²) in [4.78, 5) is 14.1. The molecule has 0 aliphatic rings. The van der Waals surface area contributed by atoms with Crippen LogP contribution >= 0.6 is 0 Å². The number of aromatic nitrogens is 2. The number of benzene rings is 1. The zero-order valence-electron chi connectivity index (χ0n) is 11.2. The zero-order chi connectivity index (χ0) is 13.8. The molecule has 1 atom stereocenters. The lowest BCUT2D eigenvalue weighted by Gasteiger charge is -2.24. The number of hydrogen-bond donors (Lipinski definition) is 1. The number of nitrogens with zero attached hydrogens (tertiary/aromatic N) is 3. The molecule has 5 heteroatoms. The highest BCUT2D eigenvalue weighted by Gasteiger charge is 2.23. The first-order valence-corrected chi connectivity index (χ1v) is 6.24. The third-order valence-corrected chi connectivity index (χ3v) is 3.00. The third-order valence-electron chi connectivity index (χ3n) is 3.00. The predicted octanol–water partition coefficient (Wildman–Crippen LogP) is 1.47. The van der Waals surface area contributed by atoms with Gasteiger partial charge in [-0.1, -0.05) is 18.2 Å². The van der Waals surface area contributed by atoms with Gasteiger partial charge in [0.2, 0.25) is 5.91 Å². The number of carbonyl (C=O) groups is 1. The van der Waals surface area contributed by atoms with Gasteiger partial charge in [0.05, 0.1) is 6.20 Å². The van der Waals surface area contributed by atoms with Crippen molar-refractivity contribution in [3.63, 3.8) is 0 Å². The molecule has 1 aromatic heterocycles. The van der Waals surface area contributed by atoms with E-state index in [1.165, 1.54) is 0 Å². The minimum Gasteiger partial charge on any atom is -0.316 e. The van der Waals surface area contributed by atoms with Crippen LogP contribution in [0, 0.1) is 0 Å². The van der Waals surface area contributed by atoms with Crippen LogP contribution in [0.4, 0.5) is 5.69 Å². The van der Waals surface area contributed by atoms with E-state index in [1.54, 1.807) is 29.0 Å². The Kier molecular flexibility index (Phi) is 3.97. The molecule has 0 bridgehead atoms. The highest BCUT2D eigenvalue weighted by molar-refractivity contribution is 5.97. The summed E-state index contributed by atoms with van der Waals surface area (Å²) >= 11 is 0. The molecule has 1 aromatic carbocycles. The molecule has 2 aromatic rings. The standard InChI is InChI=1S/C14H18N4O/c1-3-18(12-7-5-4-6-8-12)14(19)13(15)11-9-16-17(2)10-11/h4-10,13H,3,15H2,1-2H3. The van der Waals surface area contributed by atoms with Crippen LogP contribution in [-0.2, 0) is 11.8 Å². The van der Waals surface area contributed by atoms with E-state index >= 15 is 0 Å². The number of nitrogens with two attached hydrogens (primary N) is 1. The van der Waals surface area contributed by atoms with Crippen LogP contribution < -0.4 is 10.6 Å². The number of aryl methyl sites for hydroxylation is 1. The van der Waals surface area contributed by atoms with Gasteiger partial charge in [0.15, 0.2) is 0 Å². The van der Waals surface area contributed by atoms with Crippen LogP contribution in [0.25, 0.3) is 0 Å². The smallest absolute Gasteiger partial charge is 0.248 e. The fraction of sp³-hybridized carbons (Fsp3) is 0.286. The minimum atomic E-state index is -0.686. The number of anilines is 1. The van der Waals surface area contributed by atoms with Crippen molar-refractivity contribution < 1.29 is 4.79 Å². The molecular weight excluding hydrogens is 240 g/mol. The second kappa shape index (κ2) is 5.67. The molecule has 1 amide bonds. The van der Waals surface area contributed by atoms with Gasteiger partial charge in [-0.05, 0) is 19.1 Å². The summed E-state index contributed by atoms with van der Waals surface area (Å²) in [7, 11) is 1.80. The van der Waals surface area contributed by atoms with E-state index in [2.05, 4.69) is 5.10 Å². The summed E-state index contributed by atoms with van der Waals surface area (Å²) in [5.74, 6) is -0.123. The van der Waals surface area contributed by atoms with E-state index in [4.69, 9.17) is 5.73 Å². The fourth-order valence-electron chi connectivity index (χ4n) is 1.98. The van der Waals surface area contributed by atoms with Crippen molar-refractivity contribution in [1.82, 2.24) is 9.78 Å². The summed E-state index contributed by atoms with van der Waals surface area (Å²) in [5.41, 5.74) is 7.60. The van der Waals surface area contributed by atoms with Crippen molar-refractivity contribution in [2.75, 3.05) is 11.4 Å². The largest absolute Gasteiger partial charge is 0.316 e. The maximum Gasteiger partial charge on any atom is 0.248 e. The Bertz CT molecular complexity index is 550. The van der Waals surface area contributed by atoms with Gasteiger partial charge < -0.3 is 10.6 Å². The molecule has 0 aliphatic carbocycles. The maximum atomic E-state index is 12.4. The van der Waals surface area contributed by atoms with Crippen LogP contribution in [-0.4, -0.2) is 22.2 Å². The van der Waals surface area contributed by atoms with E-state index in [-0.39, 0.29) is 5.91 Å². The third kappa shape index (κ3) is 2.82. The number of likely N-dealkylation sites (N-methyl/N-ethyl adjacent to an activating group) is 1. The summed E-state index contributed by atoms with van der Waals surface area (Å²) in [6.45, 7) is 2.51. The first kappa shape index (κ1) is 13.3. The van der Waals surface area contributed by atoms with Crippen molar-refractivity contribution in [2.24, 2.45) is 12.8 Å². The number of rotatable bonds is 4. The number of para-hydroxylation sites is 1. The van der Waals surface area contributed by atoms with E-state index in [0.29, 0.717) is 6.54 Å². The Morgan fingerprint density at radius 2 is 2.11 bits per heavy atom. The maximum absolute atomic E-state index is 12.4. The van der Waals surface area contributed by atoms with Crippen LogP contribution in [0.2, 0.25) is 0 Å². The number of hydrogen-bond acceptors (Lipinski definition) is 3. The molecule has 0 radical (unpaired) electrons. The van der Waals surface area contributed by atoms with Gasteiger partial charge >= 0.3 is 0 Å². The SMILES string of the molecule is CCN(C(=O)C(N)c1cnn(C)c1)c1ccccc1. The molecule has 0 saturated carbocycles. The van der Waals surface area contributed by atoms with Crippen LogP contribution in [0.5, 0.6) is 0 Å². The highest BCUT2D eigenvalue weighted by Crippen LogP contribution is 2.18. The topological polar surface area (TPSA) is 64.2 Å². The second-order valence-corrected chi connectivity index (χ2v) is 4.34. The second-order valence-electron chi connectivity index (χ2n) is 4.34. The monoisotopic (exact) mass is 258 g/mol. The lowest BCUT2D eigenvalue weighted by atomic mass is 10.1. The molecule has 0 aliphatic heterocycles. The summed E-state index contributed by atoms with van der Waals surface area (Å²) < 4.78 is 1.64. The Labute approximate surface area is 112 Å². The van der Waals surface area contributed by atoms with Gasteiger partial charge in [0.1, 0.15) is 6.04 Å². The van der Waals surface area contributed by atoms with Crippen molar-refractivity contribution >= 4 is 11.6 Å². The summed E-state index contributed by atoms with van der Waals surface area (Å²) in [6.07, 6.45) is 3.39. The Morgan fingerprint density at radius 3 is 2.63 bits per heavy atom. The molecule has 2 rings (SSSR count). The molecule has 1 unspecified atom stereocenters. The lowest BCUT2D eigenvalue weighted by Crippen LogP contribution is -2.38. The van der Waals surface area contributed by atoms with E-state index < -0.39 is 6.04 Å². The Hall–Kier alpha value is -2.14. The van der Waals surface area contributed by atoms with E-state index in [0.717, 1.165) is 11.3 Å². The van der Waals surface area contributed by atoms with Gasteiger partial charge in [-0.2, -0.15) is 5.10 Å². The Balaban J connectivity index is 2.22. The normalized spacial score (nSPS) is 12.2. The number of carbonyl (C=O) groups excluding carboxylic acids is 1. The van der Waals surface area contributed by atoms with Gasteiger partial charge in [0, 0.05) is 31.0 Å². The molecule has 0 fully saturated rings. The van der Waals surface area contributed by atoms with E-state index in [9.17, 15) is 4.79 Å². The summed E-state index contributed by atoms with van der Waals surface area (Å²) in [6, 6.07) is 8.84. The van der Waals surface area contributed by atoms with Crippen molar-refractivity contribution in [2.45, 2.75) is 13.0 Å². The van der Waals surface area contributed by atoms with Crippen LogP contribution in [0.3, 0.4) is 0 Å². The molecule has 2 N–H and O–H groups in total. The summed E-state index contributed by atoms with van der Waals surface area (Å²) in [5, 5.41) is 4.04. The molecule has 19 heavy (non-hydrogen) atoms. The van der Waals surface area contributed by atoms with Crippen molar-refractivity contribution in [3.8, 4) is 0 Å². The minimum absolute atomic E-state index is 0.123. The van der Waals surface area contributed by atoms with Gasteiger partial charge in [-0.3, -0.25) is 9.48 Å². The van der Waals surface area contributed by atoms with Gasteiger partial charge in [-0.15, -0.1) is 0 Å². The van der Waals surface area contributed by atoms with E-state index in [1.807, 2.05) is 37.3 Å². The average Bonchev–Trinajstić information content (AvgIpc) is 2.86.